The Hall–Kier alpha value is -1.30. The van der Waals surface area contributed by atoms with Crippen LogP contribution in [-0.4, -0.2) is 30.4 Å². The van der Waals surface area contributed by atoms with E-state index < -0.39 is 0 Å². The summed E-state index contributed by atoms with van der Waals surface area (Å²) in [5.74, 6) is 0.388. The molecule has 6 heteroatoms. The van der Waals surface area contributed by atoms with Crippen LogP contribution in [0.2, 0.25) is 0 Å². The third kappa shape index (κ3) is 2.42. The van der Waals surface area contributed by atoms with Gasteiger partial charge in [-0.15, -0.1) is 0 Å². The van der Waals surface area contributed by atoms with Crippen molar-refractivity contribution >= 4 is 12.0 Å². The predicted molar refractivity (Wildman–Crippen MR) is 39.1 cm³/mol. The molecule has 0 aliphatic rings. The molecule has 3 N–H and O–H groups in total. The number of anilines is 2. The number of methoxy groups -OCH3 is 1. The lowest BCUT2D eigenvalue weighted by Gasteiger charge is -1.97. The molecule has 1 aromatic rings. The van der Waals surface area contributed by atoms with Crippen molar-refractivity contribution in [2.24, 2.45) is 0 Å². The van der Waals surface area contributed by atoms with E-state index in [0.29, 0.717) is 19.1 Å². The van der Waals surface area contributed by atoms with Gasteiger partial charge in [-0.1, -0.05) is 0 Å². The SMILES string of the molecule is COCCNc1noc(N)n1. The number of nitrogen functional groups attached to an aromatic ring is 1. The maximum absolute atomic E-state index is 5.17. The minimum absolute atomic E-state index is 0.0601. The van der Waals surface area contributed by atoms with Crippen LogP contribution in [0.25, 0.3) is 0 Å². The molecule has 0 atom stereocenters. The van der Waals surface area contributed by atoms with Crippen LogP contribution in [0, 0.1) is 0 Å². The summed E-state index contributed by atoms with van der Waals surface area (Å²) < 4.78 is 9.30. The van der Waals surface area contributed by atoms with Crippen molar-refractivity contribution in [3.63, 3.8) is 0 Å². The molecule has 1 rings (SSSR count). The molecule has 0 bridgehead atoms. The zero-order chi connectivity index (χ0) is 8.10. The molecule has 62 valence electrons. The van der Waals surface area contributed by atoms with Gasteiger partial charge in [0, 0.05) is 13.7 Å². The molecule has 0 aromatic carbocycles. The van der Waals surface area contributed by atoms with Gasteiger partial charge in [-0.3, -0.25) is 0 Å². The van der Waals surface area contributed by atoms with Crippen LogP contribution >= 0.6 is 0 Å². The highest BCUT2D eigenvalue weighted by Gasteiger charge is 1.99. The molecular weight excluding hydrogens is 148 g/mol. The number of nitrogens with two attached hydrogens (primary N) is 1. The molecule has 1 aromatic heterocycles. The Labute approximate surface area is 63.7 Å². The summed E-state index contributed by atoms with van der Waals surface area (Å²) in [4.78, 5) is 3.72. The largest absolute Gasteiger partial charge is 0.383 e. The summed E-state index contributed by atoms with van der Waals surface area (Å²) in [6.45, 7) is 1.23. The average molecular weight is 158 g/mol. The van der Waals surface area contributed by atoms with E-state index in [1.165, 1.54) is 0 Å². The quantitative estimate of drug-likeness (QED) is 0.585. The number of hydrogen-bond donors (Lipinski definition) is 2. The van der Waals surface area contributed by atoms with Gasteiger partial charge in [0.1, 0.15) is 0 Å². The lowest BCUT2D eigenvalue weighted by Crippen LogP contribution is -2.08. The number of nitrogens with zero attached hydrogens (tertiary/aromatic N) is 2. The molecule has 0 aliphatic carbocycles. The summed E-state index contributed by atoms with van der Waals surface area (Å²) in [7, 11) is 1.62. The van der Waals surface area contributed by atoms with E-state index in [1.54, 1.807) is 7.11 Å². The third-order valence-corrected chi connectivity index (χ3v) is 1.03. The lowest BCUT2D eigenvalue weighted by atomic mass is 10.7. The third-order valence-electron chi connectivity index (χ3n) is 1.03. The normalized spacial score (nSPS) is 9.91. The summed E-state index contributed by atoms with van der Waals surface area (Å²) in [5.41, 5.74) is 5.17. The molecule has 0 fully saturated rings. The van der Waals surface area contributed by atoms with E-state index in [0.717, 1.165) is 0 Å². The van der Waals surface area contributed by atoms with Gasteiger partial charge in [0.15, 0.2) is 0 Å². The Morgan fingerprint density at radius 1 is 1.73 bits per heavy atom. The van der Waals surface area contributed by atoms with Crippen LogP contribution in [0.3, 0.4) is 0 Å². The average Bonchev–Trinajstić information content (AvgIpc) is 2.37. The van der Waals surface area contributed by atoms with Crippen molar-refractivity contribution in [2.75, 3.05) is 31.3 Å². The zero-order valence-electron chi connectivity index (χ0n) is 6.20. The molecule has 0 saturated carbocycles. The van der Waals surface area contributed by atoms with Crippen LogP contribution < -0.4 is 11.1 Å². The highest BCUT2D eigenvalue weighted by Crippen LogP contribution is 2.01. The van der Waals surface area contributed by atoms with E-state index in [2.05, 4.69) is 20.0 Å². The maximum atomic E-state index is 5.17. The molecule has 0 spiro atoms. The smallest absolute Gasteiger partial charge is 0.320 e. The fraction of sp³-hybridized carbons (Fsp3) is 0.600. The Morgan fingerprint density at radius 2 is 2.55 bits per heavy atom. The van der Waals surface area contributed by atoms with Crippen LogP contribution in [-0.2, 0) is 4.74 Å². The second kappa shape index (κ2) is 3.77. The summed E-state index contributed by atoms with van der Waals surface area (Å²) >= 11 is 0. The van der Waals surface area contributed by atoms with Crippen molar-refractivity contribution < 1.29 is 9.26 Å². The van der Waals surface area contributed by atoms with Crippen molar-refractivity contribution in [2.45, 2.75) is 0 Å². The van der Waals surface area contributed by atoms with Crippen LogP contribution in [0.4, 0.5) is 12.0 Å². The van der Waals surface area contributed by atoms with Crippen molar-refractivity contribution in [3.05, 3.63) is 0 Å². The van der Waals surface area contributed by atoms with E-state index >= 15 is 0 Å². The Balaban J connectivity index is 2.27. The van der Waals surface area contributed by atoms with Gasteiger partial charge in [0.25, 0.3) is 5.95 Å². The number of nitrogens with one attached hydrogen (secondary N) is 1. The van der Waals surface area contributed by atoms with Crippen LogP contribution in [0.5, 0.6) is 0 Å². The monoisotopic (exact) mass is 158 g/mol. The topological polar surface area (TPSA) is 86.2 Å². The van der Waals surface area contributed by atoms with Gasteiger partial charge in [0.05, 0.1) is 6.61 Å². The van der Waals surface area contributed by atoms with E-state index in [-0.39, 0.29) is 6.01 Å². The molecule has 6 nitrogen and oxygen atoms in total. The fourth-order valence-corrected chi connectivity index (χ4v) is 0.572. The van der Waals surface area contributed by atoms with Gasteiger partial charge >= 0.3 is 6.01 Å². The molecule has 1 heterocycles. The fourth-order valence-electron chi connectivity index (χ4n) is 0.572. The highest BCUT2D eigenvalue weighted by molar-refractivity contribution is 5.26. The molecule has 0 saturated heterocycles. The van der Waals surface area contributed by atoms with Crippen LogP contribution in [0.1, 0.15) is 0 Å². The van der Waals surface area contributed by atoms with E-state index in [9.17, 15) is 0 Å². The number of aromatic nitrogens is 2. The van der Waals surface area contributed by atoms with Gasteiger partial charge in [0.2, 0.25) is 0 Å². The second-order valence-corrected chi connectivity index (χ2v) is 1.88. The lowest BCUT2D eigenvalue weighted by molar-refractivity contribution is 0.210. The molecule has 0 amide bonds. The number of hydrogen-bond acceptors (Lipinski definition) is 6. The Morgan fingerprint density at radius 3 is 3.09 bits per heavy atom. The highest BCUT2D eigenvalue weighted by atomic mass is 16.5. The van der Waals surface area contributed by atoms with Gasteiger partial charge in [-0.05, 0) is 5.16 Å². The Kier molecular flexibility index (Phi) is 2.67. The van der Waals surface area contributed by atoms with Gasteiger partial charge in [-0.25, -0.2) is 0 Å². The first kappa shape index (κ1) is 7.80. The van der Waals surface area contributed by atoms with Crippen LogP contribution in [0.15, 0.2) is 4.52 Å². The summed E-state index contributed by atoms with van der Waals surface area (Å²) in [6, 6.07) is 0.0601. The molecule has 11 heavy (non-hydrogen) atoms. The first-order chi connectivity index (χ1) is 5.33. The zero-order valence-corrected chi connectivity index (χ0v) is 6.20. The van der Waals surface area contributed by atoms with E-state index in [1.807, 2.05) is 0 Å². The van der Waals surface area contributed by atoms with Gasteiger partial charge in [-0.2, -0.15) is 4.98 Å². The van der Waals surface area contributed by atoms with E-state index in [4.69, 9.17) is 10.5 Å². The molecule has 0 unspecified atom stereocenters. The number of rotatable bonds is 4. The molecular formula is C5H10N4O2. The standard InChI is InChI=1S/C5H10N4O2/c1-10-3-2-7-5-8-4(6)11-9-5/h2-3H2,1H3,(H3,6,7,8,9). The summed E-state index contributed by atoms with van der Waals surface area (Å²) in [5, 5.41) is 6.36. The van der Waals surface area contributed by atoms with Gasteiger partial charge < -0.3 is 20.3 Å². The van der Waals surface area contributed by atoms with Crippen molar-refractivity contribution in [3.8, 4) is 0 Å². The van der Waals surface area contributed by atoms with Crippen molar-refractivity contribution in [1.29, 1.82) is 0 Å². The predicted octanol–water partition coefficient (Wildman–Crippen LogP) is -0.290. The minimum Gasteiger partial charge on any atom is -0.383 e. The minimum atomic E-state index is 0.0601. The second-order valence-electron chi connectivity index (χ2n) is 1.88. The van der Waals surface area contributed by atoms with Crippen molar-refractivity contribution in [1.82, 2.24) is 10.1 Å². The maximum Gasteiger partial charge on any atom is 0.320 e. The number of ether oxygens (including phenoxy) is 1. The first-order valence-electron chi connectivity index (χ1n) is 3.15. The Bertz CT molecular complexity index is 212. The first-order valence-corrected chi connectivity index (χ1v) is 3.15. The summed E-state index contributed by atoms with van der Waals surface area (Å²) in [6.07, 6.45) is 0. The molecule has 0 radical (unpaired) electrons. The molecule has 0 aliphatic heterocycles.